The van der Waals surface area contributed by atoms with Crippen molar-refractivity contribution in [1.82, 2.24) is 4.72 Å². The van der Waals surface area contributed by atoms with E-state index in [1.54, 1.807) is 18.2 Å². The first-order chi connectivity index (χ1) is 9.94. The number of nitrogens with two attached hydrogens (primary N) is 1. The summed E-state index contributed by atoms with van der Waals surface area (Å²) in [5, 5.41) is 0. The lowest BCUT2D eigenvalue weighted by molar-refractivity contribution is 0.314. The third-order valence-corrected chi connectivity index (χ3v) is 4.69. The van der Waals surface area contributed by atoms with Gasteiger partial charge in [-0.05, 0) is 38.0 Å². The fourth-order valence-electron chi connectivity index (χ4n) is 2.06. The van der Waals surface area contributed by atoms with E-state index in [9.17, 15) is 8.42 Å². The van der Waals surface area contributed by atoms with Gasteiger partial charge < -0.3 is 10.5 Å². The highest BCUT2D eigenvalue weighted by Gasteiger charge is 2.18. The molecule has 0 fully saturated rings. The van der Waals surface area contributed by atoms with E-state index < -0.39 is 10.0 Å². The number of nitrogens with one attached hydrogen (secondary N) is 1. The molecule has 0 heterocycles. The summed E-state index contributed by atoms with van der Waals surface area (Å²) in [4.78, 5) is 0.231. The fraction of sp³-hybridized carbons (Fsp3) is 0.600. The standard InChI is InChI=1S/C15H26N2O3S/c1-4-6-12(3)17-21(18,19)14-7-8-15(20-9-5-2)13(10-14)11-16/h7-8,10,12,17H,4-6,9,11,16H2,1-3H3. The summed E-state index contributed by atoms with van der Waals surface area (Å²) in [6.07, 6.45) is 2.63. The van der Waals surface area contributed by atoms with Crippen molar-refractivity contribution in [2.45, 2.75) is 57.5 Å². The molecule has 0 saturated carbocycles. The molecule has 5 nitrogen and oxygen atoms in total. The summed E-state index contributed by atoms with van der Waals surface area (Å²) in [6, 6.07) is 4.74. The minimum Gasteiger partial charge on any atom is -0.493 e. The van der Waals surface area contributed by atoms with Crippen LogP contribution >= 0.6 is 0 Å². The molecular weight excluding hydrogens is 288 g/mol. The van der Waals surface area contributed by atoms with Crippen molar-refractivity contribution in [3.63, 3.8) is 0 Å². The van der Waals surface area contributed by atoms with Crippen LogP contribution in [-0.4, -0.2) is 21.1 Å². The zero-order valence-corrected chi connectivity index (χ0v) is 13.9. The maximum absolute atomic E-state index is 12.3. The first-order valence-corrected chi connectivity index (χ1v) is 8.91. The molecule has 0 aliphatic carbocycles. The van der Waals surface area contributed by atoms with Crippen molar-refractivity contribution < 1.29 is 13.2 Å². The number of hydrogen-bond acceptors (Lipinski definition) is 4. The summed E-state index contributed by atoms with van der Waals surface area (Å²) < 4.78 is 32.9. The van der Waals surface area contributed by atoms with Gasteiger partial charge in [-0.25, -0.2) is 13.1 Å². The molecule has 0 aliphatic rings. The molecule has 1 rings (SSSR count). The van der Waals surface area contributed by atoms with E-state index in [0.29, 0.717) is 17.9 Å². The Morgan fingerprint density at radius 1 is 1.29 bits per heavy atom. The van der Waals surface area contributed by atoms with E-state index in [0.717, 1.165) is 19.3 Å². The lowest BCUT2D eigenvalue weighted by atomic mass is 10.2. The van der Waals surface area contributed by atoms with Crippen LogP contribution in [0.5, 0.6) is 5.75 Å². The summed E-state index contributed by atoms with van der Waals surface area (Å²) in [6.45, 7) is 6.73. The highest BCUT2D eigenvalue weighted by molar-refractivity contribution is 7.89. The first kappa shape index (κ1) is 17.9. The number of ether oxygens (including phenoxy) is 1. The van der Waals surface area contributed by atoms with Crippen LogP contribution in [0.3, 0.4) is 0 Å². The van der Waals surface area contributed by atoms with Crippen LogP contribution in [0.4, 0.5) is 0 Å². The molecule has 120 valence electrons. The van der Waals surface area contributed by atoms with E-state index in [-0.39, 0.29) is 17.5 Å². The topological polar surface area (TPSA) is 81.4 Å². The van der Waals surface area contributed by atoms with Gasteiger partial charge in [-0.2, -0.15) is 0 Å². The third kappa shape index (κ3) is 5.30. The molecule has 1 aromatic rings. The maximum atomic E-state index is 12.3. The van der Waals surface area contributed by atoms with E-state index >= 15 is 0 Å². The minimum atomic E-state index is -3.51. The molecule has 0 spiro atoms. The summed E-state index contributed by atoms with van der Waals surface area (Å²) in [7, 11) is -3.51. The van der Waals surface area contributed by atoms with Crippen molar-refractivity contribution >= 4 is 10.0 Å². The molecule has 1 aromatic carbocycles. The predicted octanol–water partition coefficient (Wildman–Crippen LogP) is 2.40. The summed E-state index contributed by atoms with van der Waals surface area (Å²) in [5.41, 5.74) is 6.39. The fourth-order valence-corrected chi connectivity index (χ4v) is 3.39. The van der Waals surface area contributed by atoms with Crippen LogP contribution in [0.15, 0.2) is 23.1 Å². The molecule has 1 atom stereocenters. The van der Waals surface area contributed by atoms with Crippen molar-refractivity contribution in [2.75, 3.05) is 6.61 Å². The van der Waals surface area contributed by atoms with E-state index in [1.165, 1.54) is 0 Å². The summed E-state index contributed by atoms with van der Waals surface area (Å²) in [5.74, 6) is 0.653. The molecular formula is C15H26N2O3S. The predicted molar refractivity (Wildman–Crippen MR) is 84.8 cm³/mol. The number of rotatable bonds is 9. The Balaban J connectivity index is 2.97. The Morgan fingerprint density at radius 2 is 2.00 bits per heavy atom. The molecule has 0 bridgehead atoms. The quantitative estimate of drug-likeness (QED) is 0.733. The second-order valence-electron chi connectivity index (χ2n) is 5.13. The lowest BCUT2D eigenvalue weighted by Gasteiger charge is -2.15. The van der Waals surface area contributed by atoms with Crippen molar-refractivity contribution in [3.8, 4) is 5.75 Å². The van der Waals surface area contributed by atoms with Crippen LogP contribution in [0, 0.1) is 0 Å². The highest BCUT2D eigenvalue weighted by atomic mass is 32.2. The molecule has 0 aliphatic heterocycles. The van der Waals surface area contributed by atoms with Gasteiger partial charge in [0.05, 0.1) is 11.5 Å². The van der Waals surface area contributed by atoms with Gasteiger partial charge in [-0.15, -0.1) is 0 Å². The average molecular weight is 314 g/mol. The van der Waals surface area contributed by atoms with Crippen LogP contribution in [0.1, 0.15) is 45.6 Å². The van der Waals surface area contributed by atoms with E-state index in [4.69, 9.17) is 10.5 Å². The van der Waals surface area contributed by atoms with Gasteiger partial charge in [0.25, 0.3) is 0 Å². The molecule has 0 aromatic heterocycles. The van der Waals surface area contributed by atoms with Crippen molar-refractivity contribution in [3.05, 3.63) is 23.8 Å². The monoisotopic (exact) mass is 314 g/mol. The smallest absolute Gasteiger partial charge is 0.240 e. The Hall–Kier alpha value is -1.11. The van der Waals surface area contributed by atoms with Crippen LogP contribution in [-0.2, 0) is 16.6 Å². The van der Waals surface area contributed by atoms with Crippen molar-refractivity contribution in [2.24, 2.45) is 5.73 Å². The zero-order chi connectivity index (χ0) is 15.9. The molecule has 6 heteroatoms. The Bertz CT molecular complexity index is 544. The van der Waals surface area contributed by atoms with E-state index in [2.05, 4.69) is 4.72 Å². The lowest BCUT2D eigenvalue weighted by Crippen LogP contribution is -2.32. The highest BCUT2D eigenvalue weighted by Crippen LogP contribution is 2.23. The third-order valence-electron chi connectivity index (χ3n) is 3.10. The van der Waals surface area contributed by atoms with Crippen LogP contribution < -0.4 is 15.2 Å². The molecule has 21 heavy (non-hydrogen) atoms. The van der Waals surface area contributed by atoms with Gasteiger partial charge in [0.1, 0.15) is 5.75 Å². The Kier molecular flexibility index (Phi) is 7.14. The Labute approximate surface area is 127 Å². The van der Waals surface area contributed by atoms with Gasteiger partial charge in [0.15, 0.2) is 0 Å². The van der Waals surface area contributed by atoms with Gasteiger partial charge in [-0.1, -0.05) is 20.3 Å². The minimum absolute atomic E-state index is 0.0858. The van der Waals surface area contributed by atoms with Gasteiger partial charge in [0.2, 0.25) is 10.0 Å². The van der Waals surface area contributed by atoms with Gasteiger partial charge >= 0.3 is 0 Å². The van der Waals surface area contributed by atoms with Crippen LogP contribution in [0.2, 0.25) is 0 Å². The van der Waals surface area contributed by atoms with Gasteiger partial charge in [-0.3, -0.25) is 0 Å². The van der Waals surface area contributed by atoms with E-state index in [1.807, 2.05) is 20.8 Å². The number of hydrogen-bond donors (Lipinski definition) is 2. The molecule has 0 amide bonds. The average Bonchev–Trinajstić information content (AvgIpc) is 2.44. The largest absolute Gasteiger partial charge is 0.493 e. The molecule has 0 saturated heterocycles. The normalized spacial score (nSPS) is 13.1. The molecule has 0 radical (unpaired) electrons. The first-order valence-electron chi connectivity index (χ1n) is 7.42. The molecule has 3 N–H and O–H groups in total. The SMILES string of the molecule is CCCOc1ccc(S(=O)(=O)NC(C)CCC)cc1CN. The zero-order valence-electron chi connectivity index (χ0n) is 13.1. The van der Waals surface area contributed by atoms with Crippen LogP contribution in [0.25, 0.3) is 0 Å². The Morgan fingerprint density at radius 3 is 2.57 bits per heavy atom. The second kappa shape index (κ2) is 8.36. The number of sulfonamides is 1. The molecule has 1 unspecified atom stereocenters. The van der Waals surface area contributed by atoms with Crippen molar-refractivity contribution in [1.29, 1.82) is 0 Å². The summed E-state index contributed by atoms with van der Waals surface area (Å²) >= 11 is 0. The maximum Gasteiger partial charge on any atom is 0.240 e. The number of benzene rings is 1. The van der Waals surface area contributed by atoms with Gasteiger partial charge in [0, 0.05) is 18.2 Å². The second-order valence-corrected chi connectivity index (χ2v) is 6.85.